The van der Waals surface area contributed by atoms with Crippen LogP contribution in [-0.2, 0) is 20.8 Å². The molecule has 0 saturated carbocycles. The zero-order chi connectivity index (χ0) is 14.3. The Morgan fingerprint density at radius 3 is 2.47 bits per heavy atom. The molecule has 2 N–H and O–H groups in total. The number of rotatable bonds is 7. The number of carboxylic acid groups (broad SMARTS) is 1. The summed E-state index contributed by atoms with van der Waals surface area (Å²) in [6.07, 6.45) is 0.804. The largest absolute Gasteiger partial charge is 0.480 e. The van der Waals surface area contributed by atoms with Crippen LogP contribution in [0.25, 0.3) is 0 Å². The molecule has 0 radical (unpaired) electrons. The zero-order valence-electron chi connectivity index (χ0n) is 10.5. The monoisotopic (exact) mass is 265 g/mol. The van der Waals surface area contributed by atoms with Crippen LogP contribution >= 0.6 is 0 Å². The van der Waals surface area contributed by atoms with Crippen molar-refractivity contribution < 1.29 is 24.2 Å². The van der Waals surface area contributed by atoms with Crippen LogP contribution in [0.5, 0.6) is 5.75 Å². The first-order valence-corrected chi connectivity index (χ1v) is 5.79. The number of carboxylic acids is 1. The van der Waals surface area contributed by atoms with Crippen LogP contribution in [0.3, 0.4) is 0 Å². The Bertz CT molecular complexity index is 455. The van der Waals surface area contributed by atoms with Gasteiger partial charge in [0.25, 0.3) is 0 Å². The van der Waals surface area contributed by atoms with Gasteiger partial charge >= 0.3 is 11.9 Å². The van der Waals surface area contributed by atoms with Gasteiger partial charge in [0.05, 0.1) is 0 Å². The number of benzene rings is 1. The van der Waals surface area contributed by atoms with Gasteiger partial charge in [-0.25, -0.2) is 4.79 Å². The van der Waals surface area contributed by atoms with Crippen LogP contribution in [0, 0.1) is 0 Å². The van der Waals surface area contributed by atoms with Gasteiger partial charge in [0.2, 0.25) is 6.41 Å². The second kappa shape index (κ2) is 7.15. The van der Waals surface area contributed by atoms with E-state index < -0.39 is 12.0 Å². The molecule has 0 aliphatic carbocycles. The van der Waals surface area contributed by atoms with Crippen molar-refractivity contribution in [2.24, 2.45) is 0 Å². The molecule has 0 bridgehead atoms. The standard InChI is InChI=1S/C13H15NO5/c1-2-12(16)19-10-5-3-9(4-6-10)7-11(13(17)18)14-8-15/h3-6,8,11H,2,7H2,1H3,(H,14,15)(H,17,18)/t11-/m0/s1. The smallest absolute Gasteiger partial charge is 0.326 e. The molecule has 1 amide bonds. The number of hydrogen-bond donors (Lipinski definition) is 2. The van der Waals surface area contributed by atoms with Gasteiger partial charge in [-0.15, -0.1) is 0 Å². The zero-order valence-corrected chi connectivity index (χ0v) is 10.5. The SMILES string of the molecule is CCC(=O)Oc1ccc(C[C@H](NC=O)C(=O)O)cc1. The minimum absolute atomic E-state index is 0.163. The molecule has 0 heterocycles. The Labute approximate surface area is 110 Å². The molecule has 1 atom stereocenters. The summed E-state index contributed by atoms with van der Waals surface area (Å²) in [7, 11) is 0. The van der Waals surface area contributed by atoms with Crippen molar-refractivity contribution in [3.05, 3.63) is 29.8 Å². The van der Waals surface area contributed by atoms with Crippen LogP contribution < -0.4 is 10.1 Å². The highest BCUT2D eigenvalue weighted by atomic mass is 16.5. The summed E-state index contributed by atoms with van der Waals surface area (Å²) in [6.45, 7) is 1.69. The van der Waals surface area contributed by atoms with Gasteiger partial charge in [-0.3, -0.25) is 9.59 Å². The van der Waals surface area contributed by atoms with E-state index in [9.17, 15) is 14.4 Å². The molecule has 0 aromatic heterocycles. The molecule has 6 heteroatoms. The van der Waals surface area contributed by atoms with E-state index in [1.165, 1.54) is 0 Å². The summed E-state index contributed by atoms with van der Waals surface area (Å²) in [5.41, 5.74) is 0.720. The minimum Gasteiger partial charge on any atom is -0.480 e. The first-order chi connectivity index (χ1) is 9.06. The van der Waals surface area contributed by atoms with E-state index in [2.05, 4.69) is 5.32 Å². The quantitative estimate of drug-likeness (QED) is 0.431. The van der Waals surface area contributed by atoms with E-state index in [-0.39, 0.29) is 18.8 Å². The number of nitrogens with one attached hydrogen (secondary N) is 1. The van der Waals surface area contributed by atoms with Crippen molar-refractivity contribution in [3.63, 3.8) is 0 Å². The van der Waals surface area contributed by atoms with Gasteiger partial charge in [-0.2, -0.15) is 0 Å². The predicted molar refractivity (Wildman–Crippen MR) is 66.7 cm³/mol. The second-order valence-corrected chi connectivity index (χ2v) is 3.85. The molecule has 0 unspecified atom stereocenters. The third kappa shape index (κ3) is 4.79. The van der Waals surface area contributed by atoms with E-state index in [0.29, 0.717) is 12.2 Å². The molecular weight excluding hydrogens is 250 g/mol. The Kier molecular flexibility index (Phi) is 5.53. The maximum Gasteiger partial charge on any atom is 0.326 e. The summed E-state index contributed by atoms with van der Waals surface area (Å²) in [5.74, 6) is -1.03. The molecule has 1 rings (SSSR count). The van der Waals surface area contributed by atoms with Crippen LogP contribution in [0.1, 0.15) is 18.9 Å². The second-order valence-electron chi connectivity index (χ2n) is 3.85. The van der Waals surface area contributed by atoms with Gasteiger partial charge in [0.1, 0.15) is 11.8 Å². The number of carbonyl (C=O) groups is 3. The van der Waals surface area contributed by atoms with Crippen LogP contribution in [0.2, 0.25) is 0 Å². The van der Waals surface area contributed by atoms with Crippen molar-refractivity contribution in [2.75, 3.05) is 0 Å². The molecule has 1 aromatic rings. The number of ether oxygens (including phenoxy) is 1. The molecule has 6 nitrogen and oxygen atoms in total. The third-order valence-electron chi connectivity index (χ3n) is 2.45. The molecule has 0 saturated heterocycles. The van der Waals surface area contributed by atoms with Gasteiger partial charge < -0.3 is 15.2 Å². The molecule has 102 valence electrons. The fraction of sp³-hybridized carbons (Fsp3) is 0.308. The molecule has 0 fully saturated rings. The fourth-order valence-electron chi connectivity index (χ4n) is 1.43. The molecular formula is C13H15NO5. The van der Waals surface area contributed by atoms with Gasteiger partial charge in [-0.05, 0) is 17.7 Å². The van der Waals surface area contributed by atoms with Gasteiger partial charge in [0, 0.05) is 12.8 Å². The fourth-order valence-corrected chi connectivity index (χ4v) is 1.43. The summed E-state index contributed by atoms with van der Waals surface area (Å²) in [4.78, 5) is 32.2. The molecule has 1 aromatic carbocycles. The number of aliphatic carboxylic acids is 1. The number of esters is 1. The van der Waals surface area contributed by atoms with Crippen molar-refractivity contribution in [3.8, 4) is 5.75 Å². The lowest BCUT2D eigenvalue weighted by molar-refractivity contribution is -0.140. The Morgan fingerprint density at radius 1 is 1.37 bits per heavy atom. The normalized spacial score (nSPS) is 11.4. The van der Waals surface area contributed by atoms with E-state index in [1.807, 2.05) is 0 Å². The lowest BCUT2D eigenvalue weighted by Gasteiger charge is -2.11. The maximum absolute atomic E-state index is 11.1. The van der Waals surface area contributed by atoms with E-state index in [1.54, 1.807) is 31.2 Å². The van der Waals surface area contributed by atoms with Crippen LogP contribution in [0.15, 0.2) is 24.3 Å². The van der Waals surface area contributed by atoms with E-state index >= 15 is 0 Å². The van der Waals surface area contributed by atoms with Gasteiger partial charge in [0.15, 0.2) is 0 Å². The number of carbonyl (C=O) groups excluding carboxylic acids is 2. The Balaban J connectivity index is 2.67. The molecule has 19 heavy (non-hydrogen) atoms. The highest BCUT2D eigenvalue weighted by Crippen LogP contribution is 2.14. The highest BCUT2D eigenvalue weighted by Gasteiger charge is 2.16. The van der Waals surface area contributed by atoms with Crippen molar-refractivity contribution in [2.45, 2.75) is 25.8 Å². The van der Waals surface area contributed by atoms with Crippen LogP contribution in [0.4, 0.5) is 0 Å². The van der Waals surface area contributed by atoms with E-state index in [4.69, 9.17) is 9.84 Å². The topological polar surface area (TPSA) is 92.7 Å². The lowest BCUT2D eigenvalue weighted by Crippen LogP contribution is -2.37. The van der Waals surface area contributed by atoms with E-state index in [0.717, 1.165) is 5.56 Å². The average Bonchev–Trinajstić information content (AvgIpc) is 2.40. The van der Waals surface area contributed by atoms with Crippen molar-refractivity contribution in [1.82, 2.24) is 5.32 Å². The minimum atomic E-state index is -1.10. The summed E-state index contributed by atoms with van der Waals surface area (Å²) in [6, 6.07) is 5.51. The number of hydrogen-bond acceptors (Lipinski definition) is 4. The first kappa shape index (κ1) is 14.7. The Morgan fingerprint density at radius 2 is 2.00 bits per heavy atom. The number of amides is 1. The molecule has 0 aliphatic rings. The van der Waals surface area contributed by atoms with Crippen LogP contribution in [-0.4, -0.2) is 29.5 Å². The first-order valence-electron chi connectivity index (χ1n) is 5.79. The van der Waals surface area contributed by atoms with Crippen molar-refractivity contribution in [1.29, 1.82) is 0 Å². The maximum atomic E-state index is 11.1. The Hall–Kier alpha value is -2.37. The highest BCUT2D eigenvalue weighted by molar-refractivity contribution is 5.76. The summed E-state index contributed by atoms with van der Waals surface area (Å²) in [5, 5.41) is 11.1. The molecule has 0 aliphatic heterocycles. The van der Waals surface area contributed by atoms with Gasteiger partial charge in [-0.1, -0.05) is 19.1 Å². The molecule has 0 spiro atoms. The lowest BCUT2D eigenvalue weighted by atomic mass is 10.1. The summed E-state index contributed by atoms with van der Waals surface area (Å²) < 4.78 is 4.99. The summed E-state index contributed by atoms with van der Waals surface area (Å²) >= 11 is 0. The average molecular weight is 265 g/mol. The predicted octanol–water partition coefficient (Wildman–Crippen LogP) is 0.744. The van der Waals surface area contributed by atoms with Crippen molar-refractivity contribution >= 4 is 18.3 Å². The third-order valence-corrected chi connectivity index (χ3v) is 2.45.